The van der Waals surface area contributed by atoms with Crippen molar-refractivity contribution in [2.75, 3.05) is 18.5 Å². The third kappa shape index (κ3) is 5.57. The van der Waals surface area contributed by atoms with Gasteiger partial charge in [-0.25, -0.2) is 9.78 Å². The third-order valence-electron chi connectivity index (χ3n) is 6.50. The van der Waals surface area contributed by atoms with Gasteiger partial charge >= 0.3 is 6.09 Å². The Morgan fingerprint density at radius 2 is 2.07 bits per heavy atom. The van der Waals surface area contributed by atoms with Gasteiger partial charge < -0.3 is 20.5 Å². The van der Waals surface area contributed by atoms with E-state index in [9.17, 15) is 14.4 Å². The molecule has 0 saturated carbocycles. The lowest BCUT2D eigenvalue weighted by molar-refractivity contribution is 0.0995. The van der Waals surface area contributed by atoms with Crippen LogP contribution in [0.15, 0.2) is 48.9 Å². The van der Waals surface area contributed by atoms with Gasteiger partial charge in [0.15, 0.2) is 0 Å². The number of nitrogens with zero attached hydrogens (tertiary/aromatic N) is 6. The zero-order valence-electron chi connectivity index (χ0n) is 22.7. The number of benzene rings is 1. The van der Waals surface area contributed by atoms with Crippen LogP contribution >= 0.6 is 0 Å². The first-order valence-electron chi connectivity index (χ1n) is 12.9. The first-order chi connectivity index (χ1) is 19.7. The summed E-state index contributed by atoms with van der Waals surface area (Å²) >= 11 is 0. The molecule has 1 aliphatic heterocycles. The van der Waals surface area contributed by atoms with Crippen LogP contribution < -0.4 is 21.1 Å². The molecule has 1 aliphatic rings. The number of amides is 3. The van der Waals surface area contributed by atoms with Gasteiger partial charge in [0.1, 0.15) is 30.2 Å². The quantitative estimate of drug-likeness (QED) is 0.259. The molecule has 0 unspecified atom stereocenters. The van der Waals surface area contributed by atoms with E-state index in [1.165, 1.54) is 18.6 Å². The van der Waals surface area contributed by atoms with Crippen molar-refractivity contribution in [1.82, 2.24) is 34.6 Å². The molecule has 0 fully saturated rings. The number of anilines is 1. The standard InChI is InChI=1S/C27H29N9O5/c1-4-35-20(10-16(2)34-35)24(38)33-25-32-19-11-17(23(28)37)12-21-22(19)36(25)27(3,15-41-21)6-5-7-31-26(39)40-14-18-13-29-8-9-30-18/h5-6,8-13H,4,7,14-15H2,1-3H3,(H2,28,37)(H,31,39)(H,32,33,38)/b6-5+/t27-/m0/s1. The van der Waals surface area contributed by atoms with Crippen LogP contribution in [0.4, 0.5) is 10.7 Å². The summed E-state index contributed by atoms with van der Waals surface area (Å²) < 4.78 is 14.7. The summed E-state index contributed by atoms with van der Waals surface area (Å²) in [5, 5.41) is 9.92. The lowest BCUT2D eigenvalue weighted by atomic mass is 9.99. The molecule has 41 heavy (non-hydrogen) atoms. The predicted octanol–water partition coefficient (Wildman–Crippen LogP) is 2.29. The van der Waals surface area contributed by atoms with Crippen LogP contribution in [0.5, 0.6) is 5.75 Å². The number of nitrogens with two attached hydrogens (primary N) is 1. The highest BCUT2D eigenvalue weighted by Gasteiger charge is 2.36. The maximum absolute atomic E-state index is 13.3. The largest absolute Gasteiger partial charge is 0.488 e. The number of ether oxygens (including phenoxy) is 2. The van der Waals surface area contributed by atoms with Crippen LogP contribution in [-0.2, 0) is 23.4 Å². The second-order valence-corrected chi connectivity index (χ2v) is 9.62. The van der Waals surface area contributed by atoms with E-state index in [1.807, 2.05) is 31.4 Å². The van der Waals surface area contributed by atoms with Crippen LogP contribution in [0.1, 0.15) is 46.1 Å². The molecular weight excluding hydrogens is 530 g/mol. The summed E-state index contributed by atoms with van der Waals surface area (Å²) in [4.78, 5) is 50.0. The van der Waals surface area contributed by atoms with Gasteiger partial charge in [-0.3, -0.25) is 34.1 Å². The summed E-state index contributed by atoms with van der Waals surface area (Å²) in [6.45, 7) is 6.43. The fourth-order valence-electron chi connectivity index (χ4n) is 4.60. The van der Waals surface area contributed by atoms with Crippen molar-refractivity contribution in [1.29, 1.82) is 0 Å². The van der Waals surface area contributed by atoms with Gasteiger partial charge in [-0.2, -0.15) is 5.10 Å². The molecule has 212 valence electrons. The van der Waals surface area contributed by atoms with Gasteiger partial charge in [0.2, 0.25) is 11.9 Å². The molecule has 0 saturated heterocycles. The van der Waals surface area contributed by atoms with Crippen molar-refractivity contribution in [3.8, 4) is 5.75 Å². The number of nitrogens with one attached hydrogen (secondary N) is 2. The zero-order chi connectivity index (χ0) is 29.1. The van der Waals surface area contributed by atoms with Crippen molar-refractivity contribution in [3.63, 3.8) is 0 Å². The maximum Gasteiger partial charge on any atom is 0.407 e. The Hall–Kier alpha value is -5.27. The van der Waals surface area contributed by atoms with Gasteiger partial charge in [-0.05, 0) is 39.0 Å². The lowest BCUT2D eigenvalue weighted by Gasteiger charge is -2.34. The van der Waals surface area contributed by atoms with Crippen molar-refractivity contribution in [3.05, 3.63) is 71.6 Å². The average Bonchev–Trinajstić information content (AvgIpc) is 3.53. The van der Waals surface area contributed by atoms with E-state index in [0.717, 1.165) is 0 Å². The first kappa shape index (κ1) is 27.3. The molecule has 0 spiro atoms. The molecule has 4 aromatic rings. The first-order valence-corrected chi connectivity index (χ1v) is 12.9. The van der Waals surface area contributed by atoms with Crippen molar-refractivity contribution < 1.29 is 23.9 Å². The summed E-state index contributed by atoms with van der Waals surface area (Å²) in [5.41, 5.74) is 7.57. The number of carbonyl (C=O) groups is 3. The Labute approximate surface area is 234 Å². The minimum Gasteiger partial charge on any atom is -0.488 e. The summed E-state index contributed by atoms with van der Waals surface area (Å²) in [6.07, 6.45) is 7.55. The number of rotatable bonds is 9. The number of primary amides is 1. The molecule has 1 atom stereocenters. The second kappa shape index (κ2) is 11.1. The Bertz CT molecular complexity index is 1660. The number of hydrogen-bond acceptors (Lipinski definition) is 9. The SMILES string of the molecule is CCn1nc(C)cc1C(=O)Nc1nc2cc(C(N)=O)cc3c2n1[C@@](C)(/C=C/CNC(=O)OCc1cnccn1)CO3. The summed E-state index contributed by atoms with van der Waals surface area (Å²) in [6, 6.07) is 4.81. The number of aromatic nitrogens is 6. The lowest BCUT2D eigenvalue weighted by Crippen LogP contribution is -2.39. The molecule has 4 N–H and O–H groups in total. The zero-order valence-corrected chi connectivity index (χ0v) is 22.7. The molecule has 1 aromatic carbocycles. The topological polar surface area (TPSA) is 181 Å². The Morgan fingerprint density at radius 1 is 1.24 bits per heavy atom. The number of alkyl carbamates (subject to hydrolysis) is 1. The van der Waals surface area contributed by atoms with Crippen LogP contribution in [0.3, 0.4) is 0 Å². The number of carbonyl (C=O) groups excluding carboxylic acids is 3. The molecule has 3 aromatic heterocycles. The van der Waals surface area contributed by atoms with Gasteiger partial charge in [0.05, 0.1) is 28.6 Å². The minimum atomic E-state index is -0.829. The van der Waals surface area contributed by atoms with Crippen molar-refractivity contribution in [2.45, 2.75) is 39.5 Å². The third-order valence-corrected chi connectivity index (χ3v) is 6.50. The predicted molar refractivity (Wildman–Crippen MR) is 147 cm³/mol. The van der Waals surface area contributed by atoms with E-state index in [1.54, 1.807) is 29.0 Å². The molecule has 5 rings (SSSR count). The van der Waals surface area contributed by atoms with Crippen LogP contribution in [0.25, 0.3) is 11.0 Å². The van der Waals surface area contributed by atoms with Crippen LogP contribution in [0, 0.1) is 6.92 Å². The van der Waals surface area contributed by atoms with Crippen LogP contribution in [0.2, 0.25) is 0 Å². The van der Waals surface area contributed by atoms with E-state index in [4.69, 9.17) is 15.2 Å². The normalized spacial score (nSPS) is 16.0. The smallest absolute Gasteiger partial charge is 0.407 e. The summed E-state index contributed by atoms with van der Waals surface area (Å²) in [5.74, 6) is -0.350. The molecule has 3 amide bonds. The number of imidazole rings is 1. The molecule has 14 heteroatoms. The number of hydrogen-bond donors (Lipinski definition) is 3. The molecule has 4 heterocycles. The number of aryl methyl sites for hydroxylation is 2. The van der Waals surface area contributed by atoms with E-state index in [2.05, 4.69) is 30.7 Å². The highest BCUT2D eigenvalue weighted by molar-refractivity contribution is 6.04. The molecule has 0 aliphatic carbocycles. The van der Waals surface area contributed by atoms with E-state index >= 15 is 0 Å². The highest BCUT2D eigenvalue weighted by Crippen LogP contribution is 2.40. The molecular formula is C27H29N9O5. The second-order valence-electron chi connectivity index (χ2n) is 9.62. The fraction of sp³-hybridized carbons (Fsp3) is 0.296. The fourth-order valence-corrected chi connectivity index (χ4v) is 4.60. The van der Waals surface area contributed by atoms with E-state index in [0.29, 0.717) is 40.4 Å². The molecule has 14 nitrogen and oxygen atoms in total. The van der Waals surface area contributed by atoms with Crippen molar-refractivity contribution >= 4 is 34.9 Å². The maximum atomic E-state index is 13.3. The average molecular weight is 560 g/mol. The van der Waals surface area contributed by atoms with Crippen LogP contribution in [-0.4, -0.2) is 60.4 Å². The minimum absolute atomic E-state index is 0.00838. The summed E-state index contributed by atoms with van der Waals surface area (Å²) in [7, 11) is 0. The van der Waals surface area contributed by atoms with Gasteiger partial charge in [0.25, 0.3) is 5.91 Å². The molecule has 0 bridgehead atoms. The highest BCUT2D eigenvalue weighted by atomic mass is 16.5. The van der Waals surface area contributed by atoms with E-state index < -0.39 is 17.5 Å². The van der Waals surface area contributed by atoms with E-state index in [-0.39, 0.29) is 37.2 Å². The van der Waals surface area contributed by atoms with Gasteiger partial charge in [-0.1, -0.05) is 12.2 Å². The van der Waals surface area contributed by atoms with Gasteiger partial charge in [0, 0.05) is 31.0 Å². The van der Waals surface area contributed by atoms with Crippen molar-refractivity contribution in [2.24, 2.45) is 5.73 Å². The monoisotopic (exact) mass is 559 g/mol. The Balaban J connectivity index is 1.40. The molecule has 0 radical (unpaired) electrons. The Kier molecular flexibility index (Phi) is 7.38. The Morgan fingerprint density at radius 3 is 2.80 bits per heavy atom. The van der Waals surface area contributed by atoms with Gasteiger partial charge in [-0.15, -0.1) is 0 Å².